The zero-order valence-electron chi connectivity index (χ0n) is 22.1. The molecule has 0 spiro atoms. The number of carbonyl (C=O) groups is 3. The van der Waals surface area contributed by atoms with Crippen LogP contribution in [0.25, 0.3) is 0 Å². The van der Waals surface area contributed by atoms with Gasteiger partial charge in [0.1, 0.15) is 12.2 Å². The highest BCUT2D eigenvalue weighted by molar-refractivity contribution is 9.10. The minimum Gasteiger partial charge on any atom is -0.447 e. The van der Waals surface area contributed by atoms with Crippen molar-refractivity contribution in [2.45, 2.75) is 83.0 Å². The third-order valence-corrected chi connectivity index (χ3v) is 7.55. The van der Waals surface area contributed by atoms with E-state index in [1.807, 2.05) is 89.2 Å². The van der Waals surface area contributed by atoms with Crippen LogP contribution in [-0.4, -0.2) is 57.7 Å². The maximum Gasteiger partial charge on any atom is 0.417 e. The fourth-order valence-corrected chi connectivity index (χ4v) is 5.59. The second-order valence-electron chi connectivity index (χ2n) is 11.4. The van der Waals surface area contributed by atoms with Gasteiger partial charge in [-0.3, -0.25) is 9.69 Å². The van der Waals surface area contributed by atoms with Gasteiger partial charge in [0.15, 0.2) is 0 Å². The molecule has 4 rings (SSSR count). The zero-order valence-corrected chi connectivity index (χ0v) is 23.7. The summed E-state index contributed by atoms with van der Waals surface area (Å²) in [5.41, 5.74) is 0.552. The Labute approximate surface area is 227 Å². The summed E-state index contributed by atoms with van der Waals surface area (Å²) in [5, 5.41) is 0. The zero-order chi connectivity index (χ0) is 27.0. The number of rotatable bonds is 5. The predicted octanol–water partition coefficient (Wildman–Crippen LogP) is 6.30. The standard InChI is InChI=1S/C29H35BrN2O5/c1-28(2,3)37-27(35)32-23(15-16-29(32,4)5)24(20-11-13-21(30)14-12-20)25(33)31-22(18-36-26(31)34)17-19-9-7-6-8-10-19/h6-14,22-24H,15-18H2,1-5H3. The summed E-state index contributed by atoms with van der Waals surface area (Å²) >= 11 is 3.47. The van der Waals surface area contributed by atoms with Crippen LogP contribution in [0, 0.1) is 0 Å². The molecule has 0 radical (unpaired) electrons. The molecule has 0 N–H and O–H groups in total. The molecule has 0 bridgehead atoms. The summed E-state index contributed by atoms with van der Waals surface area (Å²) in [4.78, 5) is 43.7. The number of hydrogen-bond acceptors (Lipinski definition) is 5. The molecule has 2 aliphatic heterocycles. The second-order valence-corrected chi connectivity index (χ2v) is 12.3. The molecule has 3 atom stereocenters. The van der Waals surface area contributed by atoms with E-state index in [2.05, 4.69) is 15.9 Å². The lowest BCUT2D eigenvalue weighted by Crippen LogP contribution is -2.54. The molecule has 198 valence electrons. The molecule has 37 heavy (non-hydrogen) atoms. The van der Waals surface area contributed by atoms with Crippen LogP contribution in [0.1, 0.15) is 64.5 Å². The van der Waals surface area contributed by atoms with Gasteiger partial charge in [0.2, 0.25) is 5.91 Å². The van der Waals surface area contributed by atoms with Crippen molar-refractivity contribution >= 4 is 34.0 Å². The molecule has 3 unspecified atom stereocenters. The predicted molar refractivity (Wildman–Crippen MR) is 144 cm³/mol. The summed E-state index contributed by atoms with van der Waals surface area (Å²) < 4.78 is 12.0. The summed E-state index contributed by atoms with van der Waals surface area (Å²) in [6.07, 6.45) is 0.700. The molecule has 0 aliphatic carbocycles. The van der Waals surface area contributed by atoms with E-state index in [1.54, 1.807) is 4.90 Å². The van der Waals surface area contributed by atoms with Crippen molar-refractivity contribution in [1.29, 1.82) is 0 Å². The van der Waals surface area contributed by atoms with Crippen LogP contribution in [0.4, 0.5) is 9.59 Å². The van der Waals surface area contributed by atoms with Crippen LogP contribution < -0.4 is 0 Å². The number of ether oxygens (including phenoxy) is 2. The maximum absolute atomic E-state index is 14.3. The van der Waals surface area contributed by atoms with Crippen LogP contribution in [0.3, 0.4) is 0 Å². The normalized spacial score (nSPS) is 22.1. The number of amides is 3. The Bertz CT molecular complexity index is 1140. The molecule has 7 nitrogen and oxygen atoms in total. The van der Waals surface area contributed by atoms with Crippen molar-refractivity contribution in [2.75, 3.05) is 6.61 Å². The lowest BCUT2D eigenvalue weighted by Gasteiger charge is -2.40. The van der Waals surface area contributed by atoms with E-state index in [-0.39, 0.29) is 12.5 Å². The van der Waals surface area contributed by atoms with Crippen molar-refractivity contribution in [3.8, 4) is 0 Å². The SMILES string of the molecule is CC(C)(C)OC(=O)N1C(C(C(=O)N2C(=O)OCC2Cc2ccccc2)c2ccc(Br)cc2)CCC1(C)C. The molecule has 2 fully saturated rings. The highest BCUT2D eigenvalue weighted by Gasteiger charge is 2.52. The largest absolute Gasteiger partial charge is 0.447 e. The molecule has 2 saturated heterocycles. The number of imide groups is 1. The summed E-state index contributed by atoms with van der Waals surface area (Å²) in [6.45, 7) is 9.60. The van der Waals surface area contributed by atoms with Crippen LogP contribution in [0.5, 0.6) is 0 Å². The average molecular weight is 572 g/mol. The van der Waals surface area contributed by atoms with Crippen LogP contribution in [0.2, 0.25) is 0 Å². The molecule has 8 heteroatoms. The minimum absolute atomic E-state index is 0.137. The van der Waals surface area contributed by atoms with Crippen molar-refractivity contribution in [3.05, 3.63) is 70.2 Å². The fourth-order valence-electron chi connectivity index (χ4n) is 5.33. The lowest BCUT2D eigenvalue weighted by molar-refractivity contribution is -0.132. The quantitative estimate of drug-likeness (QED) is 0.421. The van der Waals surface area contributed by atoms with E-state index in [0.29, 0.717) is 19.3 Å². The number of halogens is 1. The number of hydrogen-bond donors (Lipinski definition) is 0. The number of likely N-dealkylation sites (tertiary alicyclic amines) is 1. The molecule has 2 aromatic rings. The smallest absolute Gasteiger partial charge is 0.417 e. The third kappa shape index (κ3) is 6.00. The molecular formula is C29H35BrN2O5. The van der Waals surface area contributed by atoms with Gasteiger partial charge in [0.05, 0.1) is 18.0 Å². The Morgan fingerprint density at radius 2 is 1.76 bits per heavy atom. The van der Waals surface area contributed by atoms with Gasteiger partial charge in [-0.1, -0.05) is 58.4 Å². The lowest BCUT2D eigenvalue weighted by atomic mass is 9.88. The number of carbonyl (C=O) groups excluding carboxylic acids is 3. The van der Waals surface area contributed by atoms with Gasteiger partial charge < -0.3 is 9.47 Å². The van der Waals surface area contributed by atoms with Gasteiger partial charge in [0.25, 0.3) is 0 Å². The van der Waals surface area contributed by atoms with Gasteiger partial charge in [-0.05, 0) is 77.1 Å². The van der Waals surface area contributed by atoms with E-state index < -0.39 is 41.3 Å². The van der Waals surface area contributed by atoms with Crippen LogP contribution in [-0.2, 0) is 20.7 Å². The Morgan fingerprint density at radius 1 is 1.11 bits per heavy atom. The van der Waals surface area contributed by atoms with Crippen LogP contribution in [0.15, 0.2) is 59.1 Å². The van der Waals surface area contributed by atoms with Crippen molar-refractivity contribution in [3.63, 3.8) is 0 Å². The van der Waals surface area contributed by atoms with E-state index in [0.717, 1.165) is 15.6 Å². The molecule has 0 aromatic heterocycles. The van der Waals surface area contributed by atoms with Gasteiger partial charge in [-0.2, -0.15) is 0 Å². The molecule has 0 saturated carbocycles. The topological polar surface area (TPSA) is 76.2 Å². The van der Waals surface area contributed by atoms with Crippen molar-refractivity contribution < 1.29 is 23.9 Å². The van der Waals surface area contributed by atoms with Gasteiger partial charge >= 0.3 is 12.2 Å². The van der Waals surface area contributed by atoms with Crippen molar-refractivity contribution in [1.82, 2.24) is 9.80 Å². The summed E-state index contributed by atoms with van der Waals surface area (Å²) in [6, 6.07) is 16.3. The third-order valence-electron chi connectivity index (χ3n) is 7.02. The van der Waals surface area contributed by atoms with Crippen LogP contribution >= 0.6 is 15.9 Å². The van der Waals surface area contributed by atoms with E-state index in [9.17, 15) is 14.4 Å². The highest BCUT2D eigenvalue weighted by atomic mass is 79.9. The fraction of sp³-hybridized carbons (Fsp3) is 0.483. The highest BCUT2D eigenvalue weighted by Crippen LogP contribution is 2.43. The monoisotopic (exact) mass is 570 g/mol. The van der Waals surface area contributed by atoms with Gasteiger partial charge in [-0.25, -0.2) is 14.5 Å². The van der Waals surface area contributed by atoms with Gasteiger partial charge in [0, 0.05) is 10.0 Å². The molecule has 2 aromatic carbocycles. The number of nitrogens with zero attached hydrogens (tertiary/aromatic N) is 2. The maximum atomic E-state index is 14.3. The first kappa shape index (κ1) is 27.2. The average Bonchev–Trinajstić information content (AvgIpc) is 3.33. The molecule has 3 amide bonds. The second kappa shape index (κ2) is 10.5. The first-order chi connectivity index (χ1) is 17.4. The Hall–Kier alpha value is -2.87. The minimum atomic E-state index is -0.758. The molecular weight excluding hydrogens is 536 g/mol. The number of benzene rings is 2. The summed E-state index contributed by atoms with van der Waals surface area (Å²) in [7, 11) is 0. The Morgan fingerprint density at radius 3 is 2.38 bits per heavy atom. The first-order valence-electron chi connectivity index (χ1n) is 12.7. The first-order valence-corrected chi connectivity index (χ1v) is 13.5. The van der Waals surface area contributed by atoms with Crippen molar-refractivity contribution in [2.24, 2.45) is 0 Å². The Kier molecular flexibility index (Phi) is 7.70. The molecule has 2 aliphatic rings. The molecule has 2 heterocycles. The van der Waals surface area contributed by atoms with E-state index in [1.165, 1.54) is 4.90 Å². The van der Waals surface area contributed by atoms with E-state index >= 15 is 0 Å². The Balaban J connectivity index is 1.73. The van der Waals surface area contributed by atoms with E-state index in [4.69, 9.17) is 9.47 Å². The number of cyclic esters (lactones) is 1. The van der Waals surface area contributed by atoms with Gasteiger partial charge in [-0.15, -0.1) is 0 Å². The summed E-state index contributed by atoms with van der Waals surface area (Å²) in [5.74, 6) is -1.12.